The summed E-state index contributed by atoms with van der Waals surface area (Å²) in [5.41, 5.74) is 1.18. The molecule has 1 aromatic heterocycles. The lowest BCUT2D eigenvalue weighted by atomic mass is 10.2. The first-order valence-electron chi connectivity index (χ1n) is 8.68. The van der Waals surface area contributed by atoms with E-state index in [0.29, 0.717) is 38.7 Å². The molecular weight excluding hydrogens is 408 g/mol. The number of halogens is 1. The molecule has 0 bridgehead atoms. The van der Waals surface area contributed by atoms with Gasteiger partial charge in [0, 0.05) is 22.8 Å². The molecule has 0 aliphatic rings. The van der Waals surface area contributed by atoms with E-state index in [9.17, 15) is 4.79 Å². The Morgan fingerprint density at radius 2 is 1.59 bits per heavy atom. The van der Waals surface area contributed by atoms with E-state index in [1.807, 2.05) is 17.5 Å². The monoisotopic (exact) mass is 422 g/mol. The number of nitrogens with one attached hydrogen (secondary N) is 1. The highest BCUT2D eigenvalue weighted by atomic mass is 35.5. The largest absolute Gasteiger partial charge is 0.456 e. The number of anilines is 1. The first kappa shape index (κ1) is 19.0. The summed E-state index contributed by atoms with van der Waals surface area (Å²) in [6, 6.07) is 21.2. The van der Waals surface area contributed by atoms with Crippen molar-refractivity contribution in [2.75, 3.05) is 5.32 Å². The van der Waals surface area contributed by atoms with Crippen molar-refractivity contribution in [2.45, 2.75) is 0 Å². The topological polar surface area (TPSA) is 60.5 Å². The van der Waals surface area contributed by atoms with Crippen LogP contribution in [0.25, 0.3) is 0 Å². The smallest absolute Gasteiger partial charge is 0.278 e. The van der Waals surface area contributed by atoms with Gasteiger partial charge in [-0.05, 0) is 60.7 Å². The number of hydrogen-bond acceptors (Lipinski definition) is 5. The Bertz CT molecular complexity index is 1100. The Kier molecular flexibility index (Phi) is 5.74. The molecule has 0 aliphatic heterocycles. The van der Waals surface area contributed by atoms with E-state index < -0.39 is 0 Å². The van der Waals surface area contributed by atoms with Crippen LogP contribution in [0.3, 0.4) is 0 Å². The number of aromatic nitrogens is 1. The second kappa shape index (κ2) is 8.77. The highest BCUT2D eigenvalue weighted by Crippen LogP contribution is 2.29. The summed E-state index contributed by atoms with van der Waals surface area (Å²) in [5, 5.41) is 5.78. The number of hydrogen-bond donors (Lipinski definition) is 1. The van der Waals surface area contributed by atoms with Crippen LogP contribution in [-0.2, 0) is 0 Å². The van der Waals surface area contributed by atoms with E-state index in [1.165, 1.54) is 11.3 Å². The van der Waals surface area contributed by atoms with E-state index >= 15 is 0 Å². The van der Waals surface area contributed by atoms with Gasteiger partial charge >= 0.3 is 0 Å². The van der Waals surface area contributed by atoms with Crippen molar-refractivity contribution in [1.82, 2.24) is 4.98 Å². The molecule has 3 aromatic carbocycles. The lowest BCUT2D eigenvalue weighted by Crippen LogP contribution is -2.11. The molecule has 5 nitrogen and oxygen atoms in total. The summed E-state index contributed by atoms with van der Waals surface area (Å²) < 4.78 is 11.3. The van der Waals surface area contributed by atoms with Gasteiger partial charge < -0.3 is 14.8 Å². The molecule has 1 amide bonds. The predicted molar refractivity (Wildman–Crippen MR) is 115 cm³/mol. The van der Waals surface area contributed by atoms with E-state index in [0.717, 1.165) is 0 Å². The molecule has 1 N–H and O–H groups in total. The molecule has 1 heterocycles. The van der Waals surface area contributed by atoms with Crippen LogP contribution in [-0.4, -0.2) is 10.9 Å². The van der Waals surface area contributed by atoms with Crippen LogP contribution < -0.4 is 14.8 Å². The predicted octanol–water partition coefficient (Wildman–Crippen LogP) is 6.63. The minimum Gasteiger partial charge on any atom is -0.456 e. The summed E-state index contributed by atoms with van der Waals surface area (Å²) >= 11 is 7.50. The molecule has 0 saturated heterocycles. The Morgan fingerprint density at radius 1 is 0.897 bits per heavy atom. The van der Waals surface area contributed by atoms with Crippen molar-refractivity contribution < 1.29 is 14.3 Å². The summed E-state index contributed by atoms with van der Waals surface area (Å²) in [5.74, 6) is 1.61. The van der Waals surface area contributed by atoms with Gasteiger partial charge in [0.2, 0.25) is 0 Å². The summed E-state index contributed by atoms with van der Waals surface area (Å²) in [6.07, 6.45) is 1.67. The van der Waals surface area contributed by atoms with Gasteiger partial charge in [0.15, 0.2) is 0 Å². The fourth-order valence-electron chi connectivity index (χ4n) is 2.50. The molecule has 0 fully saturated rings. The standard InChI is InChI=1S/C22H15ClN2O3S/c23-19-3-1-2-4-20(19)27-17-11-7-16(8-12-17)25-21(26)15-5-9-18(10-6-15)28-22-24-13-14-29-22/h1-14H,(H,25,26). The molecular formula is C22H15ClN2O3S. The normalized spacial score (nSPS) is 10.4. The summed E-state index contributed by atoms with van der Waals surface area (Å²) in [4.78, 5) is 16.5. The number of amides is 1. The zero-order valence-electron chi connectivity index (χ0n) is 15.0. The number of ether oxygens (including phenoxy) is 2. The van der Waals surface area contributed by atoms with Crippen molar-refractivity contribution in [1.29, 1.82) is 0 Å². The van der Waals surface area contributed by atoms with Gasteiger partial charge in [-0.1, -0.05) is 35.1 Å². The van der Waals surface area contributed by atoms with Gasteiger partial charge in [0.05, 0.1) is 5.02 Å². The third-order valence-corrected chi connectivity index (χ3v) is 4.87. The maximum Gasteiger partial charge on any atom is 0.278 e. The average Bonchev–Trinajstić information content (AvgIpc) is 3.25. The van der Waals surface area contributed by atoms with E-state index in [2.05, 4.69) is 10.3 Å². The number of carbonyl (C=O) groups excluding carboxylic acids is 1. The van der Waals surface area contributed by atoms with Gasteiger partial charge in [-0.25, -0.2) is 4.98 Å². The van der Waals surface area contributed by atoms with Crippen LogP contribution in [0.1, 0.15) is 10.4 Å². The Balaban J connectivity index is 1.37. The maximum atomic E-state index is 12.5. The fraction of sp³-hybridized carbons (Fsp3) is 0. The van der Waals surface area contributed by atoms with Gasteiger partial charge in [0.1, 0.15) is 17.2 Å². The van der Waals surface area contributed by atoms with Crippen molar-refractivity contribution >= 4 is 34.5 Å². The second-order valence-electron chi connectivity index (χ2n) is 5.94. The third kappa shape index (κ3) is 4.93. The van der Waals surface area contributed by atoms with Gasteiger partial charge in [-0.2, -0.15) is 0 Å². The number of rotatable bonds is 6. The highest BCUT2D eigenvalue weighted by molar-refractivity contribution is 7.11. The highest BCUT2D eigenvalue weighted by Gasteiger charge is 2.08. The van der Waals surface area contributed by atoms with Gasteiger partial charge in [-0.3, -0.25) is 4.79 Å². The summed E-state index contributed by atoms with van der Waals surface area (Å²) in [7, 11) is 0. The first-order chi connectivity index (χ1) is 14.2. The number of nitrogens with zero attached hydrogens (tertiary/aromatic N) is 1. The Labute approximate surface area is 176 Å². The van der Waals surface area contributed by atoms with Crippen LogP contribution in [0.5, 0.6) is 22.4 Å². The molecule has 144 valence electrons. The molecule has 4 aromatic rings. The van der Waals surface area contributed by atoms with Gasteiger partial charge in [0.25, 0.3) is 11.1 Å². The summed E-state index contributed by atoms with van der Waals surface area (Å²) in [6.45, 7) is 0. The average molecular weight is 423 g/mol. The van der Waals surface area contributed by atoms with Crippen LogP contribution in [0.15, 0.2) is 84.4 Å². The molecule has 0 atom stereocenters. The minimum atomic E-state index is -0.217. The molecule has 0 saturated carbocycles. The molecule has 0 spiro atoms. The van der Waals surface area contributed by atoms with Crippen molar-refractivity contribution in [3.63, 3.8) is 0 Å². The lowest BCUT2D eigenvalue weighted by molar-refractivity contribution is 0.102. The van der Waals surface area contributed by atoms with E-state index in [-0.39, 0.29) is 5.91 Å². The zero-order chi connectivity index (χ0) is 20.1. The number of carbonyl (C=O) groups is 1. The Hall–Kier alpha value is -3.35. The van der Waals surface area contributed by atoms with Crippen LogP contribution in [0.4, 0.5) is 5.69 Å². The number of benzene rings is 3. The number of thiazole rings is 1. The molecule has 7 heteroatoms. The SMILES string of the molecule is O=C(Nc1ccc(Oc2ccccc2Cl)cc1)c1ccc(Oc2nccs2)cc1. The zero-order valence-corrected chi connectivity index (χ0v) is 16.6. The third-order valence-electron chi connectivity index (χ3n) is 3.91. The fourth-order valence-corrected chi connectivity index (χ4v) is 3.18. The molecule has 0 unspecified atom stereocenters. The molecule has 0 aliphatic carbocycles. The van der Waals surface area contributed by atoms with Crippen molar-refractivity contribution in [2.24, 2.45) is 0 Å². The van der Waals surface area contributed by atoms with E-state index in [4.69, 9.17) is 21.1 Å². The van der Waals surface area contributed by atoms with Crippen LogP contribution >= 0.6 is 22.9 Å². The second-order valence-corrected chi connectivity index (χ2v) is 7.20. The van der Waals surface area contributed by atoms with E-state index in [1.54, 1.807) is 66.9 Å². The minimum absolute atomic E-state index is 0.217. The van der Waals surface area contributed by atoms with Crippen molar-refractivity contribution in [3.8, 4) is 22.4 Å². The van der Waals surface area contributed by atoms with Crippen LogP contribution in [0, 0.1) is 0 Å². The quantitative estimate of drug-likeness (QED) is 0.378. The lowest BCUT2D eigenvalue weighted by Gasteiger charge is -2.09. The first-order valence-corrected chi connectivity index (χ1v) is 9.94. The Morgan fingerprint density at radius 3 is 2.28 bits per heavy atom. The van der Waals surface area contributed by atoms with Crippen LogP contribution in [0.2, 0.25) is 5.02 Å². The molecule has 29 heavy (non-hydrogen) atoms. The molecule has 0 radical (unpaired) electrons. The maximum absolute atomic E-state index is 12.5. The van der Waals surface area contributed by atoms with Crippen molar-refractivity contribution in [3.05, 3.63) is 95.0 Å². The molecule has 4 rings (SSSR count). The van der Waals surface area contributed by atoms with Gasteiger partial charge in [-0.15, -0.1) is 0 Å². The number of para-hydroxylation sites is 1.